The average Bonchev–Trinajstić information content (AvgIpc) is 2.03. The number of nitrogens with zero attached hydrogens (tertiary/aromatic N) is 1. The lowest BCUT2D eigenvalue weighted by Crippen LogP contribution is -2.46. The van der Waals surface area contributed by atoms with Gasteiger partial charge in [0.2, 0.25) is 10.0 Å². The molecule has 0 spiro atoms. The average molecular weight is 208 g/mol. The second kappa shape index (κ2) is 4.39. The normalized spacial score (nSPS) is 13.7. The maximum Gasteiger partial charge on any atom is 0.215 e. The van der Waals surface area contributed by atoms with E-state index in [0.717, 1.165) is 6.42 Å². The van der Waals surface area contributed by atoms with Gasteiger partial charge in [0.1, 0.15) is 0 Å². The Morgan fingerprint density at radius 2 is 1.85 bits per heavy atom. The molecule has 0 aromatic carbocycles. The molecule has 0 heterocycles. The molecule has 0 atom stereocenters. The molecule has 0 aromatic heterocycles. The Labute approximate surface area is 81.2 Å². The molecule has 0 saturated heterocycles. The second-order valence-electron chi connectivity index (χ2n) is 3.74. The smallest absolute Gasteiger partial charge is 0.215 e. The van der Waals surface area contributed by atoms with E-state index in [-0.39, 0.29) is 17.8 Å². The van der Waals surface area contributed by atoms with Crippen molar-refractivity contribution in [3.63, 3.8) is 0 Å². The summed E-state index contributed by atoms with van der Waals surface area (Å²) in [5, 5.41) is 0. The van der Waals surface area contributed by atoms with Crippen LogP contribution in [0.5, 0.6) is 0 Å². The number of hydrogen-bond donors (Lipinski definition) is 1. The summed E-state index contributed by atoms with van der Waals surface area (Å²) in [6.45, 7) is 5.95. The minimum Gasteiger partial charge on any atom is -0.329 e. The molecule has 13 heavy (non-hydrogen) atoms. The molecule has 0 unspecified atom stereocenters. The molecule has 0 aliphatic carbocycles. The third-order valence-electron chi connectivity index (χ3n) is 2.51. The summed E-state index contributed by atoms with van der Waals surface area (Å²) in [7, 11) is -1.57. The predicted octanol–water partition coefficient (Wildman–Crippen LogP) is 0.395. The highest BCUT2D eigenvalue weighted by molar-refractivity contribution is 7.89. The summed E-state index contributed by atoms with van der Waals surface area (Å²) in [6, 6.07) is 0. The third kappa shape index (κ3) is 3.25. The van der Waals surface area contributed by atoms with Gasteiger partial charge < -0.3 is 5.73 Å². The number of hydrogen-bond acceptors (Lipinski definition) is 3. The van der Waals surface area contributed by atoms with E-state index in [4.69, 9.17) is 5.73 Å². The highest BCUT2D eigenvalue weighted by atomic mass is 32.2. The van der Waals surface area contributed by atoms with Crippen LogP contribution in [0.15, 0.2) is 0 Å². The molecule has 0 fully saturated rings. The van der Waals surface area contributed by atoms with Crippen LogP contribution < -0.4 is 5.73 Å². The van der Waals surface area contributed by atoms with Gasteiger partial charge in [-0.05, 0) is 20.3 Å². The first-order valence-corrected chi connectivity index (χ1v) is 6.05. The summed E-state index contributed by atoms with van der Waals surface area (Å²) >= 11 is 0. The fraction of sp³-hybridized carbons (Fsp3) is 1.00. The van der Waals surface area contributed by atoms with E-state index in [1.807, 2.05) is 20.8 Å². The molecule has 0 aliphatic heterocycles. The van der Waals surface area contributed by atoms with Crippen molar-refractivity contribution in [2.45, 2.75) is 32.7 Å². The van der Waals surface area contributed by atoms with Crippen molar-refractivity contribution in [2.75, 3.05) is 19.3 Å². The minimum atomic E-state index is -3.17. The Balaban J connectivity index is 4.69. The van der Waals surface area contributed by atoms with Crippen LogP contribution in [0.2, 0.25) is 0 Å². The number of nitrogens with two attached hydrogens (primary N) is 1. The van der Waals surface area contributed by atoms with E-state index in [9.17, 15) is 8.42 Å². The van der Waals surface area contributed by atoms with Crippen LogP contribution in [0, 0.1) is 0 Å². The van der Waals surface area contributed by atoms with Crippen LogP contribution in [0.1, 0.15) is 27.2 Å². The van der Waals surface area contributed by atoms with Gasteiger partial charge in [0, 0.05) is 19.1 Å². The van der Waals surface area contributed by atoms with E-state index in [1.165, 1.54) is 4.31 Å². The van der Waals surface area contributed by atoms with Crippen molar-refractivity contribution < 1.29 is 8.42 Å². The first-order chi connectivity index (χ1) is 5.78. The summed E-state index contributed by atoms with van der Waals surface area (Å²) in [5.74, 6) is 0.0208. The van der Waals surface area contributed by atoms with Crippen LogP contribution in [-0.2, 0) is 10.0 Å². The monoisotopic (exact) mass is 208 g/mol. The topological polar surface area (TPSA) is 63.4 Å². The van der Waals surface area contributed by atoms with Gasteiger partial charge in [0.25, 0.3) is 0 Å². The molecular formula is C8H20N2O2S. The molecule has 4 nitrogen and oxygen atoms in total. The Morgan fingerprint density at radius 3 is 2.15 bits per heavy atom. The van der Waals surface area contributed by atoms with Crippen LogP contribution in [-0.4, -0.2) is 37.6 Å². The Bertz CT molecular complexity index is 247. The largest absolute Gasteiger partial charge is 0.329 e. The van der Waals surface area contributed by atoms with E-state index in [0.29, 0.717) is 0 Å². The molecular weight excluding hydrogens is 188 g/mol. The molecule has 80 valence electrons. The highest BCUT2D eigenvalue weighted by Gasteiger charge is 2.30. The van der Waals surface area contributed by atoms with Gasteiger partial charge in [0.05, 0.1) is 5.75 Å². The molecule has 0 amide bonds. The Kier molecular flexibility index (Phi) is 4.35. The Morgan fingerprint density at radius 1 is 1.38 bits per heavy atom. The van der Waals surface area contributed by atoms with Gasteiger partial charge in [0.15, 0.2) is 0 Å². The molecule has 0 radical (unpaired) electrons. The molecule has 0 saturated carbocycles. The maximum absolute atomic E-state index is 11.6. The lowest BCUT2D eigenvalue weighted by Gasteiger charge is -2.33. The van der Waals surface area contributed by atoms with Gasteiger partial charge in [-0.1, -0.05) is 6.92 Å². The lowest BCUT2D eigenvalue weighted by atomic mass is 10.0. The zero-order valence-electron chi connectivity index (χ0n) is 8.87. The number of rotatable bonds is 5. The molecule has 0 aromatic rings. The molecule has 0 aliphatic rings. The van der Waals surface area contributed by atoms with Crippen molar-refractivity contribution in [3.8, 4) is 0 Å². The predicted molar refractivity (Wildman–Crippen MR) is 55.0 cm³/mol. The minimum absolute atomic E-state index is 0.0208. The van der Waals surface area contributed by atoms with Crippen LogP contribution >= 0.6 is 0 Å². The maximum atomic E-state index is 11.6. The van der Waals surface area contributed by atoms with Crippen molar-refractivity contribution in [2.24, 2.45) is 5.73 Å². The van der Waals surface area contributed by atoms with Gasteiger partial charge in [-0.15, -0.1) is 0 Å². The fourth-order valence-corrected chi connectivity index (χ4v) is 2.34. The molecule has 2 N–H and O–H groups in total. The zero-order valence-corrected chi connectivity index (χ0v) is 9.69. The quantitative estimate of drug-likeness (QED) is 0.711. The van der Waals surface area contributed by atoms with Crippen molar-refractivity contribution in [3.05, 3.63) is 0 Å². The fourth-order valence-electron chi connectivity index (χ4n) is 0.885. The highest BCUT2D eigenvalue weighted by Crippen LogP contribution is 2.19. The second-order valence-corrected chi connectivity index (χ2v) is 5.86. The van der Waals surface area contributed by atoms with E-state index in [2.05, 4.69) is 0 Å². The van der Waals surface area contributed by atoms with Gasteiger partial charge >= 0.3 is 0 Å². The third-order valence-corrected chi connectivity index (χ3v) is 4.59. The van der Waals surface area contributed by atoms with E-state index < -0.39 is 10.0 Å². The molecule has 0 bridgehead atoms. The molecule has 5 heteroatoms. The van der Waals surface area contributed by atoms with E-state index >= 15 is 0 Å². The van der Waals surface area contributed by atoms with Crippen LogP contribution in [0.3, 0.4) is 0 Å². The number of sulfonamides is 1. The summed E-state index contributed by atoms with van der Waals surface area (Å²) in [6.07, 6.45) is 0.785. The Hall–Kier alpha value is -0.130. The summed E-state index contributed by atoms with van der Waals surface area (Å²) in [4.78, 5) is 0. The summed E-state index contributed by atoms with van der Waals surface area (Å²) < 4.78 is 24.6. The van der Waals surface area contributed by atoms with Gasteiger partial charge in [-0.25, -0.2) is 8.42 Å². The van der Waals surface area contributed by atoms with E-state index in [1.54, 1.807) is 7.05 Å². The summed E-state index contributed by atoms with van der Waals surface area (Å²) in [5.41, 5.74) is 4.91. The zero-order chi connectivity index (χ0) is 10.7. The van der Waals surface area contributed by atoms with Gasteiger partial charge in [-0.2, -0.15) is 4.31 Å². The SMILES string of the molecule is CCC(C)(C)N(C)S(=O)(=O)CCN. The lowest BCUT2D eigenvalue weighted by molar-refractivity contribution is 0.257. The standard InChI is InChI=1S/C8H20N2O2S/c1-5-8(2,3)10(4)13(11,12)7-6-9/h5-7,9H2,1-4H3. The van der Waals surface area contributed by atoms with Crippen molar-refractivity contribution in [1.29, 1.82) is 0 Å². The van der Waals surface area contributed by atoms with Crippen molar-refractivity contribution in [1.82, 2.24) is 4.31 Å². The molecule has 0 rings (SSSR count). The van der Waals surface area contributed by atoms with Gasteiger partial charge in [-0.3, -0.25) is 0 Å². The van der Waals surface area contributed by atoms with Crippen molar-refractivity contribution >= 4 is 10.0 Å². The van der Waals surface area contributed by atoms with Crippen LogP contribution in [0.4, 0.5) is 0 Å². The first-order valence-electron chi connectivity index (χ1n) is 4.44. The first kappa shape index (κ1) is 12.9. The van der Waals surface area contributed by atoms with Crippen LogP contribution in [0.25, 0.3) is 0 Å².